The number of ether oxygens (including phenoxy) is 1. The molecule has 0 saturated heterocycles. The van der Waals surface area contributed by atoms with Crippen LogP contribution in [0.5, 0.6) is 0 Å². The molecule has 7 heteroatoms. The van der Waals surface area contributed by atoms with Crippen molar-refractivity contribution < 1.29 is 18.3 Å². The minimum Gasteiger partial charge on any atom is -0.464 e. The van der Waals surface area contributed by atoms with E-state index in [-0.39, 0.29) is 11.3 Å². The predicted molar refractivity (Wildman–Crippen MR) is 70.5 cm³/mol. The lowest BCUT2D eigenvalue weighted by atomic mass is 10.2. The van der Waals surface area contributed by atoms with Crippen molar-refractivity contribution in [2.24, 2.45) is 0 Å². The van der Waals surface area contributed by atoms with Crippen molar-refractivity contribution in [3.63, 3.8) is 0 Å². The van der Waals surface area contributed by atoms with Crippen molar-refractivity contribution in [3.8, 4) is 5.69 Å². The van der Waals surface area contributed by atoms with E-state index in [1.807, 2.05) is 0 Å². The van der Waals surface area contributed by atoms with Crippen molar-refractivity contribution in [3.05, 3.63) is 57.5 Å². The molecule has 0 aliphatic heterocycles. The van der Waals surface area contributed by atoms with Gasteiger partial charge in [-0.15, -0.1) is 0 Å². The topological polar surface area (TPSA) is 61.2 Å². The standard InChI is InChI=1S/C14H12F2N2O3/c1-3-8-7-18(11-5-4-9(15)6-10(11)16)17-12(13(8)19)14(20)21-2/h4-7H,3H2,1-2H3. The van der Waals surface area contributed by atoms with Gasteiger partial charge in [-0.3, -0.25) is 4.79 Å². The first kappa shape index (κ1) is 14.8. The maximum Gasteiger partial charge on any atom is 0.362 e. The van der Waals surface area contributed by atoms with Crippen LogP contribution >= 0.6 is 0 Å². The van der Waals surface area contributed by atoms with Gasteiger partial charge in [0.15, 0.2) is 5.82 Å². The van der Waals surface area contributed by atoms with Crippen molar-refractivity contribution in [1.82, 2.24) is 9.78 Å². The van der Waals surface area contributed by atoms with Gasteiger partial charge < -0.3 is 4.74 Å². The van der Waals surface area contributed by atoms with E-state index >= 15 is 0 Å². The molecule has 0 amide bonds. The summed E-state index contributed by atoms with van der Waals surface area (Å²) in [6.45, 7) is 1.71. The number of hydrogen-bond donors (Lipinski definition) is 0. The van der Waals surface area contributed by atoms with E-state index in [4.69, 9.17) is 0 Å². The van der Waals surface area contributed by atoms with Gasteiger partial charge in [-0.05, 0) is 18.6 Å². The van der Waals surface area contributed by atoms with Crippen LogP contribution < -0.4 is 5.43 Å². The summed E-state index contributed by atoms with van der Waals surface area (Å²) in [6.07, 6.45) is 1.64. The molecule has 1 aromatic carbocycles. The Hall–Kier alpha value is -2.57. The minimum atomic E-state index is -0.911. The molecule has 2 aromatic rings. The summed E-state index contributed by atoms with van der Waals surface area (Å²) in [5, 5.41) is 3.78. The van der Waals surface area contributed by atoms with Gasteiger partial charge in [0.05, 0.1) is 7.11 Å². The molecule has 0 radical (unpaired) electrons. The lowest BCUT2D eigenvalue weighted by Gasteiger charge is -2.10. The molecule has 0 spiro atoms. The summed E-state index contributed by atoms with van der Waals surface area (Å²) < 4.78 is 32.3. The largest absolute Gasteiger partial charge is 0.464 e. The Balaban J connectivity index is 2.69. The lowest BCUT2D eigenvalue weighted by molar-refractivity contribution is 0.0590. The van der Waals surface area contributed by atoms with E-state index in [0.29, 0.717) is 12.5 Å². The van der Waals surface area contributed by atoms with E-state index < -0.39 is 28.7 Å². The second kappa shape index (κ2) is 5.82. The summed E-state index contributed by atoms with van der Waals surface area (Å²) >= 11 is 0. The molecule has 21 heavy (non-hydrogen) atoms. The Morgan fingerprint density at radius 3 is 2.67 bits per heavy atom. The van der Waals surface area contributed by atoms with E-state index in [9.17, 15) is 18.4 Å². The van der Waals surface area contributed by atoms with Crippen LogP contribution in [-0.2, 0) is 11.2 Å². The molecule has 0 fully saturated rings. The fraction of sp³-hybridized carbons (Fsp3) is 0.214. The molecular formula is C14H12F2N2O3. The second-order valence-electron chi connectivity index (χ2n) is 4.22. The molecule has 2 rings (SSSR count). The number of methoxy groups -OCH3 is 1. The Kier molecular flexibility index (Phi) is 4.11. The van der Waals surface area contributed by atoms with Crippen LogP contribution in [0.2, 0.25) is 0 Å². The van der Waals surface area contributed by atoms with Crippen molar-refractivity contribution >= 4 is 5.97 Å². The summed E-state index contributed by atoms with van der Waals surface area (Å²) in [6, 6.07) is 2.92. The second-order valence-corrected chi connectivity index (χ2v) is 4.22. The number of aromatic nitrogens is 2. The van der Waals surface area contributed by atoms with Gasteiger partial charge in [0.2, 0.25) is 11.1 Å². The highest BCUT2D eigenvalue weighted by molar-refractivity contribution is 5.87. The van der Waals surface area contributed by atoms with Crippen LogP contribution in [-0.4, -0.2) is 22.9 Å². The molecular weight excluding hydrogens is 282 g/mol. The SMILES string of the molecule is CCc1cn(-c2ccc(F)cc2F)nc(C(=O)OC)c1=O. The smallest absolute Gasteiger partial charge is 0.362 e. The van der Waals surface area contributed by atoms with Gasteiger partial charge in [-0.25, -0.2) is 18.3 Å². The average Bonchev–Trinajstić information content (AvgIpc) is 2.47. The number of aryl methyl sites for hydroxylation is 1. The predicted octanol–water partition coefficient (Wildman–Crippen LogP) is 1.86. The number of hydrogen-bond acceptors (Lipinski definition) is 4. The van der Waals surface area contributed by atoms with E-state index in [1.54, 1.807) is 6.92 Å². The van der Waals surface area contributed by atoms with Crippen molar-refractivity contribution in [1.29, 1.82) is 0 Å². The van der Waals surface area contributed by atoms with E-state index in [0.717, 1.165) is 17.9 Å². The number of carbonyl (C=O) groups excluding carboxylic acids is 1. The molecule has 0 bridgehead atoms. The first-order valence-corrected chi connectivity index (χ1v) is 6.14. The van der Waals surface area contributed by atoms with Crippen LogP contribution in [0.15, 0.2) is 29.2 Å². The number of carbonyl (C=O) groups is 1. The Bertz CT molecular complexity index is 756. The Labute approximate surface area is 118 Å². The quantitative estimate of drug-likeness (QED) is 0.811. The third kappa shape index (κ3) is 2.81. The minimum absolute atomic E-state index is 0.0729. The fourth-order valence-electron chi connectivity index (χ4n) is 1.81. The summed E-state index contributed by atoms with van der Waals surface area (Å²) in [5.74, 6) is -2.50. The number of rotatable bonds is 3. The number of benzene rings is 1. The lowest BCUT2D eigenvalue weighted by Crippen LogP contribution is -2.25. The summed E-state index contributed by atoms with van der Waals surface area (Å²) in [5.41, 5.74) is -0.811. The summed E-state index contributed by atoms with van der Waals surface area (Å²) in [4.78, 5) is 23.6. The number of nitrogens with zero attached hydrogens (tertiary/aromatic N) is 2. The first-order chi connectivity index (χ1) is 9.97. The average molecular weight is 294 g/mol. The zero-order chi connectivity index (χ0) is 15.6. The molecule has 5 nitrogen and oxygen atoms in total. The molecule has 0 aliphatic carbocycles. The monoisotopic (exact) mass is 294 g/mol. The maximum absolute atomic E-state index is 13.8. The normalized spacial score (nSPS) is 10.5. The Morgan fingerprint density at radius 2 is 2.10 bits per heavy atom. The van der Waals surface area contributed by atoms with Crippen LogP contribution in [0.1, 0.15) is 23.0 Å². The maximum atomic E-state index is 13.8. The van der Waals surface area contributed by atoms with Crippen molar-refractivity contribution in [2.45, 2.75) is 13.3 Å². The zero-order valence-corrected chi connectivity index (χ0v) is 11.4. The third-order valence-corrected chi connectivity index (χ3v) is 2.91. The van der Waals surface area contributed by atoms with Crippen LogP contribution in [0.25, 0.3) is 5.69 Å². The Morgan fingerprint density at radius 1 is 1.38 bits per heavy atom. The van der Waals surface area contributed by atoms with Gasteiger partial charge in [0.1, 0.15) is 11.5 Å². The molecule has 1 aromatic heterocycles. The number of halogens is 2. The molecule has 110 valence electrons. The number of esters is 1. The highest BCUT2D eigenvalue weighted by Crippen LogP contribution is 2.14. The molecule has 0 atom stereocenters. The molecule has 0 unspecified atom stereocenters. The highest BCUT2D eigenvalue weighted by atomic mass is 19.1. The van der Waals surface area contributed by atoms with Gasteiger partial charge in [0, 0.05) is 17.8 Å². The zero-order valence-electron chi connectivity index (χ0n) is 11.4. The van der Waals surface area contributed by atoms with Gasteiger partial charge in [-0.2, -0.15) is 5.10 Å². The van der Waals surface area contributed by atoms with Crippen LogP contribution in [0, 0.1) is 11.6 Å². The van der Waals surface area contributed by atoms with Crippen LogP contribution in [0.3, 0.4) is 0 Å². The van der Waals surface area contributed by atoms with E-state index in [2.05, 4.69) is 9.84 Å². The molecule has 0 aliphatic rings. The highest BCUT2D eigenvalue weighted by Gasteiger charge is 2.18. The molecule has 0 N–H and O–H groups in total. The van der Waals surface area contributed by atoms with E-state index in [1.165, 1.54) is 12.3 Å². The van der Waals surface area contributed by atoms with Crippen molar-refractivity contribution in [2.75, 3.05) is 7.11 Å². The summed E-state index contributed by atoms with van der Waals surface area (Å²) in [7, 11) is 1.12. The molecule has 0 saturated carbocycles. The van der Waals surface area contributed by atoms with Gasteiger partial charge in [0.25, 0.3) is 0 Å². The molecule has 1 heterocycles. The van der Waals surface area contributed by atoms with Gasteiger partial charge >= 0.3 is 5.97 Å². The third-order valence-electron chi connectivity index (χ3n) is 2.91. The fourth-order valence-corrected chi connectivity index (χ4v) is 1.81. The van der Waals surface area contributed by atoms with Crippen LogP contribution in [0.4, 0.5) is 8.78 Å². The first-order valence-electron chi connectivity index (χ1n) is 6.14. The van der Waals surface area contributed by atoms with Gasteiger partial charge in [-0.1, -0.05) is 6.92 Å².